The van der Waals surface area contributed by atoms with Crippen LogP contribution in [0.2, 0.25) is 0 Å². The molecule has 1 aliphatic rings. The quantitative estimate of drug-likeness (QED) is 0.502. The highest BCUT2D eigenvalue weighted by atomic mass is 32.1. The lowest BCUT2D eigenvalue weighted by molar-refractivity contribution is -0.114. The molecule has 0 saturated heterocycles. The number of para-hydroxylation sites is 1. The molecule has 9 heteroatoms. The Morgan fingerprint density at radius 3 is 2.20 bits per heavy atom. The minimum atomic E-state index is -0.651. The lowest BCUT2D eigenvalue weighted by atomic mass is 9.93. The van der Waals surface area contributed by atoms with E-state index in [2.05, 4.69) is 4.99 Å². The first-order chi connectivity index (χ1) is 16.8. The number of thiazole rings is 1. The van der Waals surface area contributed by atoms with Crippen LogP contribution in [-0.2, 0) is 4.79 Å². The number of benzene rings is 2. The largest absolute Gasteiger partial charge is 0.496 e. The van der Waals surface area contributed by atoms with Gasteiger partial charge in [-0.15, -0.1) is 0 Å². The van der Waals surface area contributed by atoms with Crippen LogP contribution in [0.15, 0.2) is 57.5 Å². The summed E-state index contributed by atoms with van der Waals surface area (Å²) in [4.78, 5) is 31.5. The van der Waals surface area contributed by atoms with E-state index < -0.39 is 6.04 Å². The van der Waals surface area contributed by atoms with Crippen LogP contribution in [0.4, 0.5) is 0 Å². The summed E-state index contributed by atoms with van der Waals surface area (Å²) < 4.78 is 23.9. The highest BCUT2D eigenvalue weighted by molar-refractivity contribution is 7.07. The van der Waals surface area contributed by atoms with Crippen molar-refractivity contribution in [3.63, 3.8) is 0 Å². The zero-order valence-corrected chi connectivity index (χ0v) is 21.2. The Morgan fingerprint density at radius 2 is 1.63 bits per heavy atom. The summed E-state index contributed by atoms with van der Waals surface area (Å²) in [5.74, 6) is 1.86. The molecule has 0 N–H and O–H groups in total. The van der Waals surface area contributed by atoms with E-state index in [0.29, 0.717) is 49.2 Å². The molecule has 0 radical (unpaired) electrons. The first-order valence-electron chi connectivity index (χ1n) is 10.8. The Kier molecular flexibility index (Phi) is 6.79. The molecule has 35 heavy (non-hydrogen) atoms. The van der Waals surface area contributed by atoms with Crippen molar-refractivity contribution >= 4 is 23.2 Å². The number of hydrogen-bond acceptors (Lipinski definition) is 8. The SMILES string of the molecule is COc1ccccc1C1C(C(C)=O)=C(C)N=c2s/c(=C/c3cc(OC)c(OC)c(OC)c3)c(=O)n21. The van der Waals surface area contributed by atoms with Gasteiger partial charge in [-0.3, -0.25) is 14.2 Å². The van der Waals surface area contributed by atoms with Crippen LogP contribution in [0.5, 0.6) is 23.0 Å². The Balaban J connectivity index is 1.99. The molecule has 0 amide bonds. The summed E-state index contributed by atoms with van der Waals surface area (Å²) in [6.07, 6.45) is 1.75. The number of aromatic nitrogens is 1. The molecule has 0 aliphatic carbocycles. The van der Waals surface area contributed by atoms with E-state index in [4.69, 9.17) is 18.9 Å². The second-order valence-corrected chi connectivity index (χ2v) is 8.85. The molecule has 2 heterocycles. The summed E-state index contributed by atoms with van der Waals surface area (Å²) in [5, 5.41) is 0. The fourth-order valence-electron chi connectivity index (χ4n) is 4.29. The van der Waals surface area contributed by atoms with E-state index >= 15 is 0 Å². The van der Waals surface area contributed by atoms with Crippen molar-refractivity contribution in [3.8, 4) is 23.0 Å². The Bertz CT molecular complexity index is 1490. The zero-order valence-electron chi connectivity index (χ0n) is 20.4. The molecule has 4 rings (SSSR count). The van der Waals surface area contributed by atoms with Gasteiger partial charge in [0.1, 0.15) is 5.75 Å². The maximum Gasteiger partial charge on any atom is 0.271 e. The van der Waals surface area contributed by atoms with Crippen molar-refractivity contribution in [2.24, 2.45) is 4.99 Å². The molecule has 0 spiro atoms. The second-order valence-electron chi connectivity index (χ2n) is 7.84. The fraction of sp³-hybridized carbons (Fsp3) is 0.269. The maximum atomic E-state index is 13.7. The van der Waals surface area contributed by atoms with Gasteiger partial charge < -0.3 is 18.9 Å². The number of carbonyl (C=O) groups is 1. The van der Waals surface area contributed by atoms with E-state index in [9.17, 15) is 9.59 Å². The van der Waals surface area contributed by atoms with Gasteiger partial charge in [0.2, 0.25) is 5.75 Å². The molecule has 1 atom stereocenters. The van der Waals surface area contributed by atoms with E-state index in [1.165, 1.54) is 39.6 Å². The van der Waals surface area contributed by atoms with Crippen molar-refractivity contribution in [1.29, 1.82) is 0 Å². The van der Waals surface area contributed by atoms with Crippen molar-refractivity contribution in [2.45, 2.75) is 19.9 Å². The first-order valence-corrected chi connectivity index (χ1v) is 11.6. The van der Waals surface area contributed by atoms with Gasteiger partial charge in [0.25, 0.3) is 5.56 Å². The zero-order chi connectivity index (χ0) is 25.3. The maximum absolute atomic E-state index is 13.7. The highest BCUT2D eigenvalue weighted by Crippen LogP contribution is 2.38. The number of fused-ring (bicyclic) bond motifs is 1. The van der Waals surface area contributed by atoms with Gasteiger partial charge in [-0.1, -0.05) is 29.5 Å². The third kappa shape index (κ3) is 4.23. The van der Waals surface area contributed by atoms with Crippen LogP contribution in [0.1, 0.15) is 31.0 Å². The summed E-state index contributed by atoms with van der Waals surface area (Å²) in [6, 6.07) is 10.3. The number of ketones is 1. The molecule has 1 aromatic heterocycles. The molecular formula is C26H26N2O6S. The lowest BCUT2D eigenvalue weighted by Gasteiger charge is -2.25. The normalized spacial score (nSPS) is 15.4. The van der Waals surface area contributed by atoms with Crippen LogP contribution in [-0.4, -0.2) is 38.8 Å². The summed E-state index contributed by atoms with van der Waals surface area (Å²) in [5.41, 5.74) is 2.19. The van der Waals surface area contributed by atoms with Crippen molar-refractivity contribution in [3.05, 3.63) is 78.5 Å². The van der Waals surface area contributed by atoms with Crippen molar-refractivity contribution in [2.75, 3.05) is 28.4 Å². The second kappa shape index (κ2) is 9.79. The van der Waals surface area contributed by atoms with Crippen LogP contribution in [0.3, 0.4) is 0 Å². The number of hydrogen-bond donors (Lipinski definition) is 0. The minimum absolute atomic E-state index is 0.152. The Hall–Kier alpha value is -3.85. The van der Waals surface area contributed by atoms with Gasteiger partial charge in [0, 0.05) is 16.8 Å². The number of Topliss-reactive ketones (excluding diaryl/α,β-unsaturated/α-hetero) is 1. The minimum Gasteiger partial charge on any atom is -0.496 e. The average Bonchev–Trinajstić information content (AvgIpc) is 3.16. The number of allylic oxidation sites excluding steroid dienone is 2. The van der Waals surface area contributed by atoms with Crippen LogP contribution in [0.25, 0.3) is 6.08 Å². The third-order valence-electron chi connectivity index (χ3n) is 5.82. The highest BCUT2D eigenvalue weighted by Gasteiger charge is 2.32. The van der Waals surface area contributed by atoms with Crippen molar-refractivity contribution < 1.29 is 23.7 Å². The monoisotopic (exact) mass is 494 g/mol. The van der Waals surface area contributed by atoms with Gasteiger partial charge >= 0.3 is 0 Å². The molecule has 1 unspecified atom stereocenters. The fourth-order valence-corrected chi connectivity index (χ4v) is 5.34. The van der Waals surface area contributed by atoms with Gasteiger partial charge in [-0.2, -0.15) is 0 Å². The van der Waals surface area contributed by atoms with Gasteiger partial charge in [0.15, 0.2) is 22.1 Å². The molecule has 2 aromatic carbocycles. The molecule has 182 valence electrons. The predicted molar refractivity (Wildman–Crippen MR) is 134 cm³/mol. The van der Waals surface area contributed by atoms with Crippen LogP contribution < -0.4 is 33.8 Å². The average molecular weight is 495 g/mol. The van der Waals surface area contributed by atoms with Gasteiger partial charge in [-0.25, -0.2) is 4.99 Å². The molecule has 0 bridgehead atoms. The van der Waals surface area contributed by atoms with Gasteiger partial charge in [0.05, 0.1) is 39.0 Å². The lowest BCUT2D eigenvalue weighted by Crippen LogP contribution is -2.39. The summed E-state index contributed by atoms with van der Waals surface area (Å²) in [7, 11) is 6.17. The number of carbonyl (C=O) groups excluding carboxylic acids is 1. The third-order valence-corrected chi connectivity index (χ3v) is 6.80. The van der Waals surface area contributed by atoms with E-state index in [-0.39, 0.29) is 11.3 Å². The first kappa shape index (κ1) is 24.3. The number of rotatable bonds is 7. The molecule has 3 aromatic rings. The molecule has 0 fully saturated rings. The van der Waals surface area contributed by atoms with E-state index in [1.807, 2.05) is 24.3 Å². The molecular weight excluding hydrogens is 468 g/mol. The predicted octanol–water partition coefficient (Wildman–Crippen LogP) is 2.86. The smallest absolute Gasteiger partial charge is 0.271 e. The van der Waals surface area contributed by atoms with Crippen molar-refractivity contribution in [1.82, 2.24) is 4.57 Å². The molecule has 8 nitrogen and oxygen atoms in total. The molecule has 0 saturated carbocycles. The number of nitrogens with zero attached hydrogens (tertiary/aromatic N) is 2. The Morgan fingerprint density at radius 1 is 1.00 bits per heavy atom. The summed E-state index contributed by atoms with van der Waals surface area (Å²) >= 11 is 1.25. The van der Waals surface area contributed by atoms with E-state index in [1.54, 1.807) is 36.8 Å². The topological polar surface area (TPSA) is 88.4 Å². The summed E-state index contributed by atoms with van der Waals surface area (Å²) in [6.45, 7) is 3.28. The van der Waals surface area contributed by atoms with Gasteiger partial charge in [-0.05, 0) is 43.7 Å². The standard InChI is InChI=1S/C26H26N2O6S/c1-14-22(15(2)29)23(17-9-7-8-10-18(17)31-3)28-25(30)21(35-26(28)27-14)13-16-11-19(32-4)24(34-6)20(12-16)33-5/h7-13,23H,1-6H3/b21-13+. The van der Waals surface area contributed by atoms with Crippen LogP contribution in [0, 0.1) is 0 Å². The van der Waals surface area contributed by atoms with E-state index in [0.717, 1.165) is 5.56 Å². The number of methoxy groups -OCH3 is 4. The Labute approximate surface area is 206 Å². The number of ether oxygens (including phenoxy) is 4. The van der Waals surface area contributed by atoms with Crippen LogP contribution >= 0.6 is 11.3 Å². The molecule has 1 aliphatic heterocycles.